The molecule has 0 atom stereocenters. The molecule has 16 heavy (non-hydrogen) atoms. The average Bonchev–Trinajstić information content (AvgIpc) is 2.69. The number of nitrogens with two attached hydrogens (primary N) is 1. The summed E-state index contributed by atoms with van der Waals surface area (Å²) in [5, 5.41) is 4.28. The Morgan fingerprint density at radius 3 is 2.81 bits per heavy atom. The lowest BCUT2D eigenvalue weighted by atomic mass is 10.3. The molecule has 0 aliphatic heterocycles. The fourth-order valence-electron chi connectivity index (χ4n) is 1.44. The van der Waals surface area contributed by atoms with Crippen LogP contribution in [0.5, 0.6) is 0 Å². The average molecular weight is 235 g/mol. The lowest BCUT2D eigenvalue weighted by molar-refractivity contribution is 0.590. The molecule has 0 spiro atoms. The molecule has 0 fully saturated rings. The van der Waals surface area contributed by atoms with E-state index in [1.165, 1.54) is 15.6 Å². The zero-order valence-corrected chi connectivity index (χ0v) is 9.83. The van der Waals surface area contributed by atoms with Gasteiger partial charge in [-0.1, -0.05) is 0 Å². The van der Waals surface area contributed by atoms with E-state index < -0.39 is 0 Å². The fraction of sp³-hybridized carbons (Fsp3) is 0.273. The summed E-state index contributed by atoms with van der Waals surface area (Å²) in [5.41, 5.74) is 6.14. The first-order valence-corrected chi connectivity index (χ1v) is 5.87. The topological polar surface area (TPSA) is 60.9 Å². The van der Waals surface area contributed by atoms with E-state index in [-0.39, 0.29) is 5.56 Å². The van der Waals surface area contributed by atoms with Crippen molar-refractivity contribution in [3.63, 3.8) is 0 Å². The smallest absolute Gasteiger partial charge is 0.266 e. The number of hydrogen-bond acceptors (Lipinski definition) is 4. The second kappa shape index (κ2) is 4.59. The molecule has 2 N–H and O–H groups in total. The number of thiophene rings is 1. The molecule has 0 saturated carbocycles. The van der Waals surface area contributed by atoms with Crippen molar-refractivity contribution in [3.8, 4) is 10.6 Å². The molecule has 0 radical (unpaired) electrons. The number of hydrogen-bond donors (Lipinski definition) is 1. The number of rotatable bonds is 3. The summed E-state index contributed by atoms with van der Waals surface area (Å²) in [6.45, 7) is 2.92. The standard InChI is InChI=1S/C11H13N3OS/c1-8-2-4-10(16-8)9-3-5-11(15)14(13-9)7-6-12/h2-5H,6-7,12H2,1H3. The molecule has 0 aliphatic rings. The first-order chi connectivity index (χ1) is 7.70. The van der Waals surface area contributed by atoms with Gasteiger partial charge in [-0.2, -0.15) is 5.10 Å². The van der Waals surface area contributed by atoms with E-state index in [1.54, 1.807) is 17.4 Å². The van der Waals surface area contributed by atoms with Crippen LogP contribution in [0.15, 0.2) is 29.1 Å². The second-order valence-corrected chi connectivity index (χ2v) is 4.77. The zero-order valence-electron chi connectivity index (χ0n) is 9.01. The molecule has 2 aromatic rings. The van der Waals surface area contributed by atoms with Crippen molar-refractivity contribution in [2.45, 2.75) is 13.5 Å². The van der Waals surface area contributed by atoms with Crippen LogP contribution in [-0.4, -0.2) is 16.3 Å². The Labute approximate surface area is 97.3 Å². The second-order valence-electron chi connectivity index (χ2n) is 3.48. The van der Waals surface area contributed by atoms with E-state index in [1.807, 2.05) is 19.1 Å². The van der Waals surface area contributed by atoms with Crippen molar-refractivity contribution >= 4 is 11.3 Å². The molecule has 5 heteroatoms. The third kappa shape index (κ3) is 2.20. The maximum atomic E-state index is 11.4. The highest BCUT2D eigenvalue weighted by atomic mass is 32.1. The Hall–Kier alpha value is -1.46. The maximum Gasteiger partial charge on any atom is 0.266 e. The van der Waals surface area contributed by atoms with Gasteiger partial charge in [-0.05, 0) is 25.1 Å². The van der Waals surface area contributed by atoms with Gasteiger partial charge in [0.15, 0.2) is 0 Å². The van der Waals surface area contributed by atoms with Crippen molar-refractivity contribution in [2.24, 2.45) is 5.73 Å². The Morgan fingerprint density at radius 1 is 1.38 bits per heavy atom. The predicted molar refractivity (Wildman–Crippen MR) is 65.6 cm³/mol. The fourth-order valence-corrected chi connectivity index (χ4v) is 2.27. The number of aryl methyl sites for hydroxylation is 1. The first kappa shape index (κ1) is 11.0. The molecule has 0 unspecified atom stereocenters. The molecule has 0 bridgehead atoms. The summed E-state index contributed by atoms with van der Waals surface area (Å²) in [6.07, 6.45) is 0. The molecular formula is C11H13N3OS. The highest BCUT2D eigenvalue weighted by Crippen LogP contribution is 2.24. The molecule has 2 heterocycles. The Bertz CT molecular complexity index is 544. The predicted octanol–water partition coefficient (Wildman–Crippen LogP) is 1.24. The van der Waals surface area contributed by atoms with Crippen molar-refractivity contribution in [1.29, 1.82) is 0 Å². The van der Waals surface area contributed by atoms with Gasteiger partial charge in [-0.15, -0.1) is 11.3 Å². The summed E-state index contributed by atoms with van der Waals surface area (Å²) in [5.74, 6) is 0. The molecule has 4 nitrogen and oxygen atoms in total. The van der Waals surface area contributed by atoms with Crippen LogP contribution < -0.4 is 11.3 Å². The van der Waals surface area contributed by atoms with Crippen LogP contribution in [0.3, 0.4) is 0 Å². The number of nitrogens with zero attached hydrogens (tertiary/aromatic N) is 2. The van der Waals surface area contributed by atoms with Crippen LogP contribution in [0.4, 0.5) is 0 Å². The Balaban J connectivity index is 2.43. The largest absolute Gasteiger partial charge is 0.329 e. The third-order valence-electron chi connectivity index (χ3n) is 2.20. The van der Waals surface area contributed by atoms with Gasteiger partial charge < -0.3 is 5.73 Å². The zero-order chi connectivity index (χ0) is 11.5. The Kier molecular flexibility index (Phi) is 3.17. The molecular weight excluding hydrogens is 222 g/mol. The minimum atomic E-state index is -0.109. The van der Waals surface area contributed by atoms with Crippen molar-refractivity contribution in [1.82, 2.24) is 9.78 Å². The van der Waals surface area contributed by atoms with E-state index >= 15 is 0 Å². The summed E-state index contributed by atoms with van der Waals surface area (Å²) < 4.78 is 1.41. The molecule has 2 rings (SSSR count). The minimum absolute atomic E-state index is 0.109. The van der Waals surface area contributed by atoms with E-state index in [2.05, 4.69) is 5.10 Å². The van der Waals surface area contributed by atoms with E-state index in [4.69, 9.17) is 5.73 Å². The van der Waals surface area contributed by atoms with Crippen LogP contribution in [-0.2, 0) is 6.54 Å². The normalized spacial score (nSPS) is 10.6. The van der Waals surface area contributed by atoms with Crippen LogP contribution in [0, 0.1) is 6.92 Å². The summed E-state index contributed by atoms with van der Waals surface area (Å²) >= 11 is 1.66. The quantitative estimate of drug-likeness (QED) is 0.870. The van der Waals surface area contributed by atoms with Crippen molar-refractivity contribution in [2.75, 3.05) is 6.54 Å². The van der Waals surface area contributed by atoms with E-state index in [9.17, 15) is 4.79 Å². The van der Waals surface area contributed by atoms with Gasteiger partial charge in [0.05, 0.1) is 11.4 Å². The summed E-state index contributed by atoms with van der Waals surface area (Å²) in [6, 6.07) is 7.34. The van der Waals surface area contributed by atoms with Gasteiger partial charge in [-0.3, -0.25) is 4.79 Å². The lowest BCUT2D eigenvalue weighted by Crippen LogP contribution is -2.25. The van der Waals surface area contributed by atoms with Gasteiger partial charge in [-0.25, -0.2) is 4.68 Å². The van der Waals surface area contributed by atoms with Crippen LogP contribution >= 0.6 is 11.3 Å². The Morgan fingerprint density at radius 2 is 2.19 bits per heavy atom. The highest BCUT2D eigenvalue weighted by molar-refractivity contribution is 7.15. The SMILES string of the molecule is Cc1ccc(-c2ccc(=O)n(CCN)n2)s1. The van der Waals surface area contributed by atoms with Crippen molar-refractivity contribution in [3.05, 3.63) is 39.5 Å². The third-order valence-corrected chi connectivity index (χ3v) is 3.22. The van der Waals surface area contributed by atoms with Crippen LogP contribution in [0.25, 0.3) is 10.6 Å². The van der Waals surface area contributed by atoms with Gasteiger partial charge >= 0.3 is 0 Å². The van der Waals surface area contributed by atoms with Crippen LogP contribution in [0.1, 0.15) is 4.88 Å². The minimum Gasteiger partial charge on any atom is -0.329 e. The monoisotopic (exact) mass is 235 g/mol. The first-order valence-electron chi connectivity index (χ1n) is 5.06. The maximum absolute atomic E-state index is 11.4. The molecule has 0 aromatic carbocycles. The van der Waals surface area contributed by atoms with Gasteiger partial charge in [0.2, 0.25) is 0 Å². The molecule has 0 aliphatic carbocycles. The van der Waals surface area contributed by atoms with Gasteiger partial charge in [0.1, 0.15) is 5.69 Å². The summed E-state index contributed by atoms with van der Waals surface area (Å²) in [4.78, 5) is 13.7. The lowest BCUT2D eigenvalue weighted by Gasteiger charge is -2.03. The van der Waals surface area contributed by atoms with Crippen molar-refractivity contribution < 1.29 is 0 Å². The van der Waals surface area contributed by atoms with Gasteiger partial charge in [0.25, 0.3) is 5.56 Å². The highest BCUT2D eigenvalue weighted by Gasteiger charge is 2.04. The van der Waals surface area contributed by atoms with E-state index in [0.29, 0.717) is 13.1 Å². The molecule has 84 valence electrons. The van der Waals surface area contributed by atoms with E-state index in [0.717, 1.165) is 10.6 Å². The summed E-state index contributed by atoms with van der Waals surface area (Å²) in [7, 11) is 0. The number of aromatic nitrogens is 2. The van der Waals surface area contributed by atoms with Gasteiger partial charge in [0, 0.05) is 17.5 Å². The molecule has 0 amide bonds. The molecule has 2 aromatic heterocycles. The molecule has 0 saturated heterocycles. The van der Waals surface area contributed by atoms with Crippen LogP contribution in [0.2, 0.25) is 0 Å².